The molecule has 0 heterocycles. The lowest BCUT2D eigenvalue weighted by Gasteiger charge is -2.19. The van der Waals surface area contributed by atoms with Gasteiger partial charge in [-0.15, -0.1) is 0 Å². The van der Waals surface area contributed by atoms with Gasteiger partial charge in [-0.05, 0) is 43.9 Å². The number of carboxylic acids is 1. The second-order valence-corrected chi connectivity index (χ2v) is 6.09. The number of nitrogens with zero attached hydrogens (tertiary/aromatic N) is 1. The van der Waals surface area contributed by atoms with Crippen molar-refractivity contribution in [3.8, 4) is 5.75 Å². The molecule has 1 aromatic carbocycles. The monoisotopic (exact) mass is 321 g/mol. The highest BCUT2D eigenvalue weighted by atomic mass is 16.5. The number of hydrogen-bond donors (Lipinski definition) is 1. The molecule has 0 saturated carbocycles. The number of unbranched alkanes of at least 4 members (excludes halogenated alkanes) is 1. The third kappa shape index (κ3) is 6.72. The Hall–Kier alpha value is -2.04. The fourth-order valence-corrected chi connectivity index (χ4v) is 2.20. The molecule has 1 rings (SSSR count). The van der Waals surface area contributed by atoms with Crippen LogP contribution in [0.2, 0.25) is 0 Å². The number of carboxylic acid groups (broad SMARTS) is 1. The Morgan fingerprint density at radius 2 is 1.96 bits per heavy atom. The zero-order valence-electron chi connectivity index (χ0n) is 14.5. The van der Waals surface area contributed by atoms with Gasteiger partial charge in [0.15, 0.2) is 0 Å². The number of carbonyl (C=O) groups excluding carboxylic acids is 1. The summed E-state index contributed by atoms with van der Waals surface area (Å²) in [5.41, 5.74) is 2.27. The van der Waals surface area contributed by atoms with Crippen LogP contribution in [-0.2, 0) is 9.59 Å². The van der Waals surface area contributed by atoms with Crippen LogP contribution in [0.15, 0.2) is 18.2 Å². The minimum absolute atomic E-state index is 0.0233. The van der Waals surface area contributed by atoms with E-state index in [-0.39, 0.29) is 12.5 Å². The fraction of sp³-hybridized carbons (Fsp3) is 0.556. The van der Waals surface area contributed by atoms with E-state index in [2.05, 4.69) is 6.07 Å². The molecule has 1 atom stereocenters. The molecular weight excluding hydrogens is 294 g/mol. The zero-order valence-corrected chi connectivity index (χ0v) is 14.5. The molecule has 1 amide bonds. The minimum Gasteiger partial charge on any atom is -0.493 e. The third-order valence-electron chi connectivity index (χ3n) is 3.78. The normalized spacial score (nSPS) is 11.8. The van der Waals surface area contributed by atoms with Crippen LogP contribution in [0.5, 0.6) is 5.75 Å². The van der Waals surface area contributed by atoms with Gasteiger partial charge in [0.05, 0.1) is 12.5 Å². The Balaban J connectivity index is 2.25. The molecule has 0 aliphatic carbocycles. The maximum Gasteiger partial charge on any atom is 0.308 e. The lowest BCUT2D eigenvalue weighted by atomic mass is 10.1. The highest BCUT2D eigenvalue weighted by molar-refractivity contribution is 5.77. The molecule has 5 heteroatoms. The summed E-state index contributed by atoms with van der Waals surface area (Å²) in [7, 11) is 1.65. The van der Waals surface area contributed by atoms with Gasteiger partial charge in [-0.25, -0.2) is 0 Å². The van der Waals surface area contributed by atoms with Crippen molar-refractivity contribution in [2.45, 2.75) is 40.0 Å². The topological polar surface area (TPSA) is 66.8 Å². The Labute approximate surface area is 138 Å². The SMILES string of the molecule is Cc1ccc(C)c(OCCCCC(=O)N(C)CC(C)C(=O)O)c1. The highest BCUT2D eigenvalue weighted by Gasteiger charge is 2.16. The molecule has 0 aliphatic heterocycles. The van der Waals surface area contributed by atoms with Crippen LogP contribution in [0, 0.1) is 19.8 Å². The molecule has 1 unspecified atom stereocenters. The van der Waals surface area contributed by atoms with Gasteiger partial charge in [-0.3, -0.25) is 9.59 Å². The molecule has 0 saturated heterocycles. The predicted molar refractivity (Wildman–Crippen MR) is 89.7 cm³/mol. The maximum atomic E-state index is 11.9. The highest BCUT2D eigenvalue weighted by Crippen LogP contribution is 2.19. The number of aryl methyl sites for hydroxylation is 2. The predicted octanol–water partition coefficient (Wildman–Crippen LogP) is 3.03. The Bertz CT molecular complexity index is 542. The number of carbonyl (C=O) groups is 2. The Morgan fingerprint density at radius 1 is 1.26 bits per heavy atom. The molecule has 1 N–H and O–H groups in total. The van der Waals surface area contributed by atoms with E-state index in [4.69, 9.17) is 9.84 Å². The van der Waals surface area contributed by atoms with Crippen LogP contribution in [0.3, 0.4) is 0 Å². The molecule has 23 heavy (non-hydrogen) atoms. The first-order valence-corrected chi connectivity index (χ1v) is 7.98. The van der Waals surface area contributed by atoms with Crippen LogP contribution < -0.4 is 4.74 Å². The third-order valence-corrected chi connectivity index (χ3v) is 3.78. The summed E-state index contributed by atoms with van der Waals surface area (Å²) < 4.78 is 5.75. The molecular formula is C18H27NO4. The van der Waals surface area contributed by atoms with E-state index < -0.39 is 11.9 Å². The van der Waals surface area contributed by atoms with E-state index in [0.717, 1.165) is 29.7 Å². The molecule has 1 aromatic rings. The first kappa shape index (κ1) is 19.0. The van der Waals surface area contributed by atoms with E-state index in [1.54, 1.807) is 14.0 Å². The van der Waals surface area contributed by atoms with Crippen LogP contribution in [0.25, 0.3) is 0 Å². The Morgan fingerprint density at radius 3 is 2.61 bits per heavy atom. The van der Waals surface area contributed by atoms with Crippen molar-refractivity contribution in [2.75, 3.05) is 20.2 Å². The second-order valence-electron chi connectivity index (χ2n) is 6.09. The van der Waals surface area contributed by atoms with Crippen molar-refractivity contribution < 1.29 is 19.4 Å². The van der Waals surface area contributed by atoms with Crippen molar-refractivity contribution in [1.82, 2.24) is 4.90 Å². The van der Waals surface area contributed by atoms with E-state index in [1.165, 1.54) is 4.90 Å². The fourth-order valence-electron chi connectivity index (χ4n) is 2.20. The van der Waals surface area contributed by atoms with E-state index in [9.17, 15) is 9.59 Å². The van der Waals surface area contributed by atoms with Crippen molar-refractivity contribution in [3.63, 3.8) is 0 Å². The Kier molecular flexibility index (Phi) is 7.59. The van der Waals surface area contributed by atoms with Crippen molar-refractivity contribution >= 4 is 11.9 Å². The van der Waals surface area contributed by atoms with Gasteiger partial charge in [-0.2, -0.15) is 0 Å². The number of benzene rings is 1. The van der Waals surface area contributed by atoms with Gasteiger partial charge in [0.1, 0.15) is 5.75 Å². The van der Waals surface area contributed by atoms with E-state index in [0.29, 0.717) is 13.0 Å². The van der Waals surface area contributed by atoms with Crippen LogP contribution in [0.4, 0.5) is 0 Å². The number of amides is 1. The van der Waals surface area contributed by atoms with Gasteiger partial charge in [0.25, 0.3) is 0 Å². The molecule has 0 fully saturated rings. The summed E-state index contributed by atoms with van der Waals surface area (Å²) in [6.07, 6.45) is 1.94. The number of ether oxygens (including phenoxy) is 1. The molecule has 0 spiro atoms. The van der Waals surface area contributed by atoms with Crippen molar-refractivity contribution in [1.29, 1.82) is 0 Å². The number of hydrogen-bond acceptors (Lipinski definition) is 3. The largest absolute Gasteiger partial charge is 0.493 e. The van der Waals surface area contributed by atoms with Crippen LogP contribution in [0.1, 0.15) is 37.3 Å². The summed E-state index contributed by atoms with van der Waals surface area (Å²) in [6.45, 7) is 6.46. The van der Waals surface area contributed by atoms with Crippen LogP contribution in [-0.4, -0.2) is 42.1 Å². The average Bonchev–Trinajstić information content (AvgIpc) is 2.49. The van der Waals surface area contributed by atoms with Crippen molar-refractivity contribution in [3.05, 3.63) is 29.3 Å². The smallest absolute Gasteiger partial charge is 0.308 e. The van der Waals surface area contributed by atoms with Crippen LogP contribution >= 0.6 is 0 Å². The van der Waals surface area contributed by atoms with Gasteiger partial charge >= 0.3 is 5.97 Å². The lowest BCUT2D eigenvalue weighted by Crippen LogP contribution is -2.33. The average molecular weight is 321 g/mol. The van der Waals surface area contributed by atoms with Gasteiger partial charge in [-0.1, -0.05) is 19.1 Å². The summed E-state index contributed by atoms with van der Waals surface area (Å²) in [5, 5.41) is 8.85. The lowest BCUT2D eigenvalue weighted by molar-refractivity contribution is -0.142. The van der Waals surface area contributed by atoms with E-state index >= 15 is 0 Å². The molecule has 0 aliphatic rings. The number of aliphatic carboxylic acids is 1. The zero-order chi connectivity index (χ0) is 17.4. The number of rotatable bonds is 9. The summed E-state index contributed by atoms with van der Waals surface area (Å²) >= 11 is 0. The summed E-state index contributed by atoms with van der Waals surface area (Å²) in [5.74, 6) is -0.559. The standard InChI is InChI=1S/C18H27NO4/c1-13-8-9-14(2)16(11-13)23-10-6-5-7-17(20)19(4)12-15(3)18(21)22/h8-9,11,15H,5-7,10,12H2,1-4H3,(H,21,22). The molecule has 0 radical (unpaired) electrons. The molecule has 0 bridgehead atoms. The first-order valence-electron chi connectivity index (χ1n) is 7.98. The second kappa shape index (κ2) is 9.18. The van der Waals surface area contributed by atoms with E-state index in [1.807, 2.05) is 26.0 Å². The van der Waals surface area contributed by atoms with Gasteiger partial charge < -0.3 is 14.7 Å². The molecule has 128 valence electrons. The van der Waals surface area contributed by atoms with Gasteiger partial charge in [0, 0.05) is 20.0 Å². The summed E-state index contributed by atoms with van der Waals surface area (Å²) in [4.78, 5) is 24.2. The van der Waals surface area contributed by atoms with Gasteiger partial charge in [0.2, 0.25) is 5.91 Å². The molecule has 0 aromatic heterocycles. The quantitative estimate of drug-likeness (QED) is 0.710. The summed E-state index contributed by atoms with van der Waals surface area (Å²) in [6, 6.07) is 6.10. The maximum absolute atomic E-state index is 11.9. The first-order chi connectivity index (χ1) is 10.8. The minimum atomic E-state index is -0.883. The van der Waals surface area contributed by atoms with Crippen molar-refractivity contribution in [2.24, 2.45) is 5.92 Å². The molecule has 5 nitrogen and oxygen atoms in total.